The molecule has 0 saturated carbocycles. The highest BCUT2D eigenvalue weighted by Crippen LogP contribution is 2.29. The van der Waals surface area contributed by atoms with E-state index in [1.165, 1.54) is 16.3 Å². The molecule has 0 fully saturated rings. The normalized spacial score (nSPS) is 11.3. The third kappa shape index (κ3) is 5.38. The fraction of sp³-hybridized carbons (Fsp3) is 0.304. The van der Waals surface area contributed by atoms with E-state index in [2.05, 4.69) is 55.6 Å². The van der Waals surface area contributed by atoms with Crippen LogP contribution >= 0.6 is 23.2 Å². The van der Waals surface area contributed by atoms with Crippen LogP contribution in [0.2, 0.25) is 10.0 Å². The van der Waals surface area contributed by atoms with Gasteiger partial charge in [-0.15, -0.1) is 0 Å². The Hall–Kier alpha value is -1.74. The highest BCUT2D eigenvalue weighted by atomic mass is 35.5. The van der Waals surface area contributed by atoms with Crippen LogP contribution in [0.15, 0.2) is 54.6 Å². The Labute approximate surface area is 171 Å². The second-order valence-corrected chi connectivity index (χ2v) is 7.97. The van der Waals surface area contributed by atoms with Gasteiger partial charge >= 0.3 is 0 Å². The van der Waals surface area contributed by atoms with Crippen molar-refractivity contribution in [1.82, 2.24) is 5.32 Å². The molecule has 3 aromatic carbocycles. The molecule has 0 aliphatic heterocycles. The van der Waals surface area contributed by atoms with E-state index >= 15 is 0 Å². The Kier molecular flexibility index (Phi) is 7.01. The number of rotatable bonds is 8. The second kappa shape index (κ2) is 9.45. The molecule has 27 heavy (non-hydrogen) atoms. The number of benzene rings is 3. The van der Waals surface area contributed by atoms with Crippen LogP contribution in [0.1, 0.15) is 31.4 Å². The van der Waals surface area contributed by atoms with Crippen LogP contribution in [-0.4, -0.2) is 6.54 Å². The molecule has 3 rings (SSSR count). The van der Waals surface area contributed by atoms with E-state index in [0.717, 1.165) is 30.8 Å². The molecule has 0 bridgehead atoms. The Bertz CT molecular complexity index is 908. The molecule has 2 nitrogen and oxygen atoms in total. The third-order valence-corrected chi connectivity index (χ3v) is 5.32. The summed E-state index contributed by atoms with van der Waals surface area (Å²) in [4.78, 5) is 0. The fourth-order valence-corrected chi connectivity index (χ4v) is 3.35. The van der Waals surface area contributed by atoms with Crippen molar-refractivity contribution in [3.63, 3.8) is 0 Å². The van der Waals surface area contributed by atoms with E-state index in [-0.39, 0.29) is 0 Å². The maximum absolute atomic E-state index is 6.16. The summed E-state index contributed by atoms with van der Waals surface area (Å²) in [5.41, 5.74) is 2.19. The number of fused-ring (bicyclic) bond motifs is 1. The van der Waals surface area contributed by atoms with Gasteiger partial charge in [-0.1, -0.05) is 73.4 Å². The minimum absolute atomic E-state index is 0.453. The summed E-state index contributed by atoms with van der Waals surface area (Å²) in [6.45, 7) is 6.71. The second-order valence-electron chi connectivity index (χ2n) is 7.16. The van der Waals surface area contributed by atoms with Gasteiger partial charge < -0.3 is 10.1 Å². The summed E-state index contributed by atoms with van der Waals surface area (Å²) in [6.07, 6.45) is 1.16. The minimum atomic E-state index is 0.453. The fourth-order valence-electron chi connectivity index (χ4n) is 3.03. The lowest BCUT2D eigenvalue weighted by molar-refractivity contribution is 0.302. The molecule has 0 unspecified atom stereocenters. The van der Waals surface area contributed by atoms with Crippen molar-refractivity contribution in [3.05, 3.63) is 75.8 Å². The monoisotopic (exact) mass is 401 g/mol. The van der Waals surface area contributed by atoms with Crippen LogP contribution in [0.3, 0.4) is 0 Å². The van der Waals surface area contributed by atoms with E-state index in [4.69, 9.17) is 27.9 Å². The highest BCUT2D eigenvalue weighted by Gasteiger charge is 2.10. The molecule has 0 atom stereocenters. The Morgan fingerprint density at radius 1 is 0.963 bits per heavy atom. The molecule has 0 aliphatic carbocycles. The van der Waals surface area contributed by atoms with E-state index in [0.29, 0.717) is 22.6 Å². The zero-order valence-electron chi connectivity index (χ0n) is 15.8. The van der Waals surface area contributed by atoms with Crippen LogP contribution in [0.5, 0.6) is 5.75 Å². The highest BCUT2D eigenvalue weighted by molar-refractivity contribution is 6.42. The van der Waals surface area contributed by atoms with Gasteiger partial charge in [-0.25, -0.2) is 0 Å². The first kappa shape index (κ1) is 20.0. The van der Waals surface area contributed by atoms with E-state index in [9.17, 15) is 0 Å². The van der Waals surface area contributed by atoms with Gasteiger partial charge in [-0.3, -0.25) is 0 Å². The number of ether oxygens (including phenoxy) is 1. The molecule has 0 heterocycles. The smallest absolute Gasteiger partial charge is 0.124 e. The molecule has 3 aromatic rings. The van der Waals surface area contributed by atoms with E-state index < -0.39 is 0 Å². The molecule has 4 heteroatoms. The predicted octanol–water partition coefficient (Wildman–Crippen LogP) is 6.86. The quantitative estimate of drug-likeness (QED) is 0.416. The van der Waals surface area contributed by atoms with Gasteiger partial charge in [-0.05, 0) is 53.4 Å². The van der Waals surface area contributed by atoms with E-state index in [1.807, 2.05) is 12.1 Å². The molecule has 0 spiro atoms. The maximum Gasteiger partial charge on any atom is 0.124 e. The maximum atomic E-state index is 6.16. The lowest BCUT2D eigenvalue weighted by atomic mass is 10.0. The minimum Gasteiger partial charge on any atom is -0.489 e. The van der Waals surface area contributed by atoms with Crippen molar-refractivity contribution in [2.24, 2.45) is 5.92 Å². The van der Waals surface area contributed by atoms with Crippen molar-refractivity contribution in [2.75, 3.05) is 6.54 Å². The molecular formula is C23H25Cl2NO. The standard InChI is InChI=1S/C23H25Cl2NO/c1-16(2)11-12-26-14-20-19-6-4-3-5-18(19)8-10-23(20)27-15-17-7-9-21(24)22(25)13-17/h3-10,13,16,26H,11-12,14-15H2,1-2H3. The number of hydrogen-bond acceptors (Lipinski definition) is 2. The van der Waals surface area contributed by atoms with Crippen molar-refractivity contribution < 1.29 is 4.74 Å². The lowest BCUT2D eigenvalue weighted by Gasteiger charge is -2.16. The Balaban J connectivity index is 1.80. The first-order chi connectivity index (χ1) is 13.0. The molecule has 0 radical (unpaired) electrons. The summed E-state index contributed by atoms with van der Waals surface area (Å²) in [6, 6.07) is 18.2. The van der Waals surface area contributed by atoms with Crippen LogP contribution in [0.4, 0.5) is 0 Å². The summed E-state index contributed by atoms with van der Waals surface area (Å²) in [5, 5.41) is 7.11. The van der Waals surface area contributed by atoms with Gasteiger partial charge in [0.05, 0.1) is 10.0 Å². The van der Waals surface area contributed by atoms with Crippen molar-refractivity contribution in [1.29, 1.82) is 0 Å². The van der Waals surface area contributed by atoms with Gasteiger partial charge in [0.2, 0.25) is 0 Å². The molecule has 0 aliphatic rings. The van der Waals surface area contributed by atoms with Gasteiger partial charge in [-0.2, -0.15) is 0 Å². The van der Waals surface area contributed by atoms with Crippen molar-refractivity contribution in [3.8, 4) is 5.75 Å². The molecule has 1 N–H and O–H groups in total. The van der Waals surface area contributed by atoms with Crippen LogP contribution in [0, 0.1) is 5.92 Å². The number of nitrogens with one attached hydrogen (secondary N) is 1. The SMILES string of the molecule is CC(C)CCNCc1c(OCc2ccc(Cl)c(Cl)c2)ccc2ccccc12. The predicted molar refractivity (Wildman–Crippen MR) is 116 cm³/mol. The first-order valence-corrected chi connectivity index (χ1v) is 10.1. The lowest BCUT2D eigenvalue weighted by Crippen LogP contribution is -2.17. The number of hydrogen-bond donors (Lipinski definition) is 1. The van der Waals surface area contributed by atoms with Crippen molar-refractivity contribution >= 4 is 34.0 Å². The average molecular weight is 402 g/mol. The molecule has 142 valence electrons. The Morgan fingerprint density at radius 2 is 1.78 bits per heavy atom. The third-order valence-electron chi connectivity index (χ3n) is 4.58. The van der Waals surface area contributed by atoms with Crippen LogP contribution < -0.4 is 10.1 Å². The summed E-state index contributed by atoms with van der Waals surface area (Å²) in [7, 11) is 0. The van der Waals surface area contributed by atoms with Gasteiger partial charge in [0.1, 0.15) is 12.4 Å². The molecule has 0 amide bonds. The Morgan fingerprint density at radius 3 is 2.56 bits per heavy atom. The summed E-state index contributed by atoms with van der Waals surface area (Å²) in [5.74, 6) is 1.59. The topological polar surface area (TPSA) is 21.3 Å². The van der Waals surface area contributed by atoms with Gasteiger partial charge in [0.25, 0.3) is 0 Å². The summed E-state index contributed by atoms with van der Waals surface area (Å²) >= 11 is 12.1. The number of halogens is 2. The van der Waals surface area contributed by atoms with Crippen LogP contribution in [-0.2, 0) is 13.2 Å². The largest absolute Gasteiger partial charge is 0.489 e. The van der Waals surface area contributed by atoms with Crippen molar-refractivity contribution in [2.45, 2.75) is 33.4 Å². The van der Waals surface area contributed by atoms with Gasteiger partial charge in [0, 0.05) is 12.1 Å². The zero-order valence-corrected chi connectivity index (χ0v) is 17.3. The molecule has 0 saturated heterocycles. The van der Waals surface area contributed by atoms with Gasteiger partial charge in [0.15, 0.2) is 0 Å². The summed E-state index contributed by atoms with van der Waals surface area (Å²) < 4.78 is 6.16. The molecular weight excluding hydrogens is 377 g/mol. The van der Waals surface area contributed by atoms with E-state index in [1.54, 1.807) is 6.07 Å². The molecule has 0 aromatic heterocycles. The average Bonchev–Trinajstić information content (AvgIpc) is 2.66. The first-order valence-electron chi connectivity index (χ1n) is 9.32. The zero-order chi connectivity index (χ0) is 19.2. The van der Waals surface area contributed by atoms with Crippen LogP contribution in [0.25, 0.3) is 10.8 Å².